The van der Waals surface area contributed by atoms with Gasteiger partial charge in [0, 0.05) is 19.8 Å². The zero-order valence-corrected chi connectivity index (χ0v) is 11.8. The molecule has 0 aliphatic carbocycles. The van der Waals surface area contributed by atoms with E-state index in [1.807, 2.05) is 20.0 Å². The summed E-state index contributed by atoms with van der Waals surface area (Å²) in [6.07, 6.45) is 1.78. The van der Waals surface area contributed by atoms with E-state index in [-0.39, 0.29) is 24.0 Å². The first kappa shape index (κ1) is 13.1. The van der Waals surface area contributed by atoms with Crippen LogP contribution in [-0.2, 0) is 6.54 Å². The number of nitrogens with one attached hydrogen (secondary N) is 1. The first-order valence-electron chi connectivity index (χ1n) is 5.04. The Morgan fingerprint density at radius 3 is 2.94 bits per heavy atom. The van der Waals surface area contributed by atoms with Gasteiger partial charge in [0.25, 0.3) is 0 Å². The molecule has 1 N–H and O–H groups in total. The Morgan fingerprint density at radius 2 is 2.31 bits per heavy atom. The molecule has 0 bridgehead atoms. The maximum Gasteiger partial charge on any atom is 0.194 e. The molecule has 1 aliphatic rings. The molecule has 0 saturated heterocycles. The summed E-state index contributed by atoms with van der Waals surface area (Å²) in [4.78, 5) is 14.8. The molecule has 1 aliphatic heterocycles. The summed E-state index contributed by atoms with van der Waals surface area (Å²) in [5, 5.41) is 3.26. The first-order chi connectivity index (χ1) is 7.25. The molecule has 5 nitrogen and oxygen atoms in total. The topological polar surface area (TPSA) is 53.4 Å². The van der Waals surface area contributed by atoms with Crippen molar-refractivity contribution in [3.05, 3.63) is 23.8 Å². The van der Waals surface area contributed by atoms with E-state index in [4.69, 9.17) is 0 Å². The highest BCUT2D eigenvalue weighted by molar-refractivity contribution is 14.0. The van der Waals surface area contributed by atoms with Crippen molar-refractivity contribution in [2.75, 3.05) is 20.1 Å². The fourth-order valence-corrected chi connectivity index (χ4v) is 1.50. The summed E-state index contributed by atoms with van der Waals surface area (Å²) in [6.45, 7) is 4.46. The van der Waals surface area contributed by atoms with Gasteiger partial charge in [0.05, 0.1) is 18.8 Å². The molecule has 1 aromatic heterocycles. The highest BCUT2D eigenvalue weighted by Gasteiger charge is 2.11. The smallest absolute Gasteiger partial charge is 0.194 e. The molecule has 6 heteroatoms. The number of nitrogens with zero attached hydrogens (tertiary/aromatic N) is 4. The maximum atomic E-state index is 4.34. The first-order valence-corrected chi connectivity index (χ1v) is 5.04. The lowest BCUT2D eigenvalue weighted by Crippen LogP contribution is -2.35. The van der Waals surface area contributed by atoms with Crippen LogP contribution in [0.3, 0.4) is 0 Å². The Balaban J connectivity index is 0.00000128. The monoisotopic (exact) mass is 333 g/mol. The van der Waals surface area contributed by atoms with Crippen LogP contribution < -0.4 is 5.32 Å². The minimum Gasteiger partial charge on any atom is -0.351 e. The van der Waals surface area contributed by atoms with Crippen LogP contribution >= 0.6 is 24.0 Å². The fourth-order valence-electron chi connectivity index (χ4n) is 1.50. The number of halogens is 1. The van der Waals surface area contributed by atoms with Crippen molar-refractivity contribution in [2.24, 2.45) is 4.99 Å². The van der Waals surface area contributed by atoms with Crippen molar-refractivity contribution < 1.29 is 0 Å². The Bertz CT molecular complexity index is 379. The molecule has 88 valence electrons. The van der Waals surface area contributed by atoms with Crippen LogP contribution in [0.5, 0.6) is 0 Å². The Morgan fingerprint density at radius 1 is 1.50 bits per heavy atom. The summed E-state index contributed by atoms with van der Waals surface area (Å²) in [5.41, 5.74) is 0.991. The highest BCUT2D eigenvalue weighted by atomic mass is 127. The minimum absolute atomic E-state index is 0. The van der Waals surface area contributed by atoms with Crippen LogP contribution in [-0.4, -0.2) is 41.0 Å². The predicted octanol–water partition coefficient (Wildman–Crippen LogP) is 0.794. The third-order valence-electron chi connectivity index (χ3n) is 2.32. The Hall–Kier alpha value is -0.920. The lowest BCUT2D eigenvalue weighted by molar-refractivity contribution is 0.533. The lowest BCUT2D eigenvalue weighted by atomic mass is 10.4. The van der Waals surface area contributed by atoms with Crippen LogP contribution in [0.4, 0.5) is 0 Å². The molecule has 1 aromatic rings. The van der Waals surface area contributed by atoms with Gasteiger partial charge < -0.3 is 10.2 Å². The van der Waals surface area contributed by atoms with Gasteiger partial charge in [0.2, 0.25) is 0 Å². The van der Waals surface area contributed by atoms with Crippen molar-refractivity contribution in [1.82, 2.24) is 20.2 Å². The van der Waals surface area contributed by atoms with Gasteiger partial charge in [0.15, 0.2) is 5.96 Å². The van der Waals surface area contributed by atoms with Crippen molar-refractivity contribution in [3.63, 3.8) is 0 Å². The minimum atomic E-state index is 0. The molecular formula is C10H16IN5. The van der Waals surface area contributed by atoms with E-state index in [1.54, 1.807) is 6.20 Å². The van der Waals surface area contributed by atoms with E-state index in [2.05, 4.69) is 25.2 Å². The second kappa shape index (κ2) is 5.97. The average molecular weight is 333 g/mol. The molecule has 0 aromatic carbocycles. The third kappa shape index (κ3) is 3.29. The number of guanidine groups is 1. The zero-order chi connectivity index (χ0) is 10.7. The standard InChI is InChI=1S/C10H15N5.HI/c1-8-11-4-3-9(14-8)7-13-10-12-5-6-15(10)2;/h3-4H,5-7H2,1-2H3,(H,12,13);1H. The van der Waals surface area contributed by atoms with Gasteiger partial charge in [-0.05, 0) is 13.0 Å². The van der Waals surface area contributed by atoms with Crippen LogP contribution in [0.1, 0.15) is 11.5 Å². The summed E-state index contributed by atoms with van der Waals surface area (Å²) >= 11 is 0. The van der Waals surface area contributed by atoms with Crippen LogP contribution in [0.15, 0.2) is 17.3 Å². The normalized spacial score (nSPS) is 14.4. The van der Waals surface area contributed by atoms with E-state index >= 15 is 0 Å². The fraction of sp³-hybridized carbons (Fsp3) is 0.500. The number of aromatic nitrogens is 2. The quantitative estimate of drug-likeness (QED) is 0.814. The summed E-state index contributed by atoms with van der Waals surface area (Å²) in [6, 6.07) is 1.91. The molecule has 0 saturated carbocycles. The van der Waals surface area contributed by atoms with Gasteiger partial charge in [-0.1, -0.05) is 0 Å². The number of aryl methyl sites for hydroxylation is 1. The second-order valence-corrected chi connectivity index (χ2v) is 3.58. The van der Waals surface area contributed by atoms with Crippen LogP contribution in [0.2, 0.25) is 0 Å². The van der Waals surface area contributed by atoms with Crippen LogP contribution in [0.25, 0.3) is 0 Å². The van der Waals surface area contributed by atoms with Gasteiger partial charge in [-0.2, -0.15) is 0 Å². The number of aliphatic imine (C=N–C) groups is 1. The Labute approximate surface area is 112 Å². The molecule has 0 radical (unpaired) electrons. The average Bonchev–Trinajstić information content (AvgIpc) is 2.61. The number of hydrogen-bond donors (Lipinski definition) is 1. The SMILES string of the molecule is Cc1nccc(CNC2=NCCN2C)n1.I. The molecule has 0 unspecified atom stereocenters. The molecule has 2 rings (SSSR count). The highest BCUT2D eigenvalue weighted by Crippen LogP contribution is 1.98. The van der Waals surface area contributed by atoms with Gasteiger partial charge in [-0.25, -0.2) is 9.97 Å². The number of likely N-dealkylation sites (N-methyl/N-ethyl adjacent to an activating group) is 1. The van der Waals surface area contributed by atoms with Crippen molar-refractivity contribution in [1.29, 1.82) is 0 Å². The van der Waals surface area contributed by atoms with E-state index in [0.717, 1.165) is 30.6 Å². The summed E-state index contributed by atoms with van der Waals surface area (Å²) in [5.74, 6) is 1.75. The van der Waals surface area contributed by atoms with Crippen LogP contribution in [0, 0.1) is 6.92 Å². The van der Waals surface area contributed by atoms with E-state index < -0.39 is 0 Å². The van der Waals surface area contributed by atoms with E-state index in [1.165, 1.54) is 0 Å². The molecule has 0 fully saturated rings. The summed E-state index contributed by atoms with van der Waals surface area (Å²) in [7, 11) is 2.03. The van der Waals surface area contributed by atoms with E-state index in [0.29, 0.717) is 6.54 Å². The maximum absolute atomic E-state index is 4.34. The van der Waals surface area contributed by atoms with Gasteiger partial charge in [-0.3, -0.25) is 4.99 Å². The summed E-state index contributed by atoms with van der Waals surface area (Å²) < 4.78 is 0. The molecule has 16 heavy (non-hydrogen) atoms. The van der Waals surface area contributed by atoms with Gasteiger partial charge in [-0.15, -0.1) is 24.0 Å². The molecule has 0 atom stereocenters. The molecule has 0 spiro atoms. The zero-order valence-electron chi connectivity index (χ0n) is 9.47. The second-order valence-electron chi connectivity index (χ2n) is 3.58. The Kier molecular flexibility index (Phi) is 4.91. The van der Waals surface area contributed by atoms with Crippen molar-refractivity contribution >= 4 is 29.9 Å². The third-order valence-corrected chi connectivity index (χ3v) is 2.32. The number of rotatable bonds is 2. The van der Waals surface area contributed by atoms with Crippen molar-refractivity contribution in [2.45, 2.75) is 13.5 Å². The largest absolute Gasteiger partial charge is 0.351 e. The van der Waals surface area contributed by atoms with Gasteiger partial charge >= 0.3 is 0 Å². The predicted molar refractivity (Wildman–Crippen MR) is 74.0 cm³/mol. The molecule has 0 amide bonds. The molecular weight excluding hydrogens is 317 g/mol. The molecule has 2 heterocycles. The lowest BCUT2D eigenvalue weighted by Gasteiger charge is -2.14. The number of hydrogen-bond acceptors (Lipinski definition) is 5. The van der Waals surface area contributed by atoms with Gasteiger partial charge in [0.1, 0.15) is 5.82 Å². The van der Waals surface area contributed by atoms with Crippen molar-refractivity contribution in [3.8, 4) is 0 Å². The van der Waals surface area contributed by atoms with E-state index in [9.17, 15) is 0 Å².